The predicted molar refractivity (Wildman–Crippen MR) is 80.0 cm³/mol. The van der Waals surface area contributed by atoms with Gasteiger partial charge < -0.3 is 15.5 Å². The highest BCUT2D eigenvalue weighted by atomic mass is 16.2. The van der Waals surface area contributed by atoms with Gasteiger partial charge in [0.25, 0.3) is 0 Å². The van der Waals surface area contributed by atoms with Crippen molar-refractivity contribution < 1.29 is 4.79 Å². The van der Waals surface area contributed by atoms with Gasteiger partial charge in [-0.1, -0.05) is 0 Å². The van der Waals surface area contributed by atoms with E-state index in [-0.39, 0.29) is 0 Å². The Bertz CT molecular complexity index is 260. The lowest BCUT2D eigenvalue weighted by Crippen LogP contribution is -2.42. The van der Waals surface area contributed by atoms with Crippen LogP contribution in [0.15, 0.2) is 0 Å². The molecule has 19 heavy (non-hydrogen) atoms. The van der Waals surface area contributed by atoms with Crippen LogP contribution >= 0.6 is 0 Å². The molecule has 2 N–H and O–H groups in total. The molecule has 1 fully saturated rings. The Balaban J connectivity index is 2.23. The smallest absolute Gasteiger partial charge is 0.222 e. The van der Waals surface area contributed by atoms with Crippen LogP contribution in [0.4, 0.5) is 0 Å². The molecular formula is C15H31N3O. The zero-order valence-corrected chi connectivity index (χ0v) is 12.9. The minimum atomic E-state index is 0.323. The number of piperidine rings is 1. The van der Waals surface area contributed by atoms with Crippen molar-refractivity contribution in [1.82, 2.24) is 9.80 Å². The summed E-state index contributed by atoms with van der Waals surface area (Å²) < 4.78 is 0. The van der Waals surface area contributed by atoms with Crippen LogP contribution in [0.3, 0.4) is 0 Å². The van der Waals surface area contributed by atoms with Crippen molar-refractivity contribution in [2.75, 3.05) is 33.2 Å². The lowest BCUT2D eigenvalue weighted by molar-refractivity contribution is -0.132. The Morgan fingerprint density at radius 3 is 2.47 bits per heavy atom. The highest BCUT2D eigenvalue weighted by molar-refractivity contribution is 5.76. The van der Waals surface area contributed by atoms with E-state index in [4.69, 9.17) is 5.73 Å². The molecule has 0 unspecified atom stereocenters. The number of rotatable bonds is 7. The molecule has 0 spiro atoms. The summed E-state index contributed by atoms with van der Waals surface area (Å²) in [6.45, 7) is 8.20. The molecule has 0 saturated carbocycles. The number of hydrogen-bond donors (Lipinski definition) is 1. The van der Waals surface area contributed by atoms with Gasteiger partial charge >= 0.3 is 0 Å². The van der Waals surface area contributed by atoms with Gasteiger partial charge in [-0.15, -0.1) is 0 Å². The molecule has 0 aliphatic carbocycles. The summed E-state index contributed by atoms with van der Waals surface area (Å²) in [6, 6.07) is 0.607. The summed E-state index contributed by atoms with van der Waals surface area (Å²) in [5.74, 6) is 1.07. The van der Waals surface area contributed by atoms with Crippen LogP contribution in [0.1, 0.15) is 46.0 Å². The molecule has 4 heteroatoms. The summed E-state index contributed by atoms with van der Waals surface area (Å²) in [5, 5.41) is 0. The standard InChI is InChI=1S/C15H31N3O/c1-13(2)17(3)12-14-7-10-18(11-8-14)15(19)6-4-5-9-16/h13-14H,4-12,16H2,1-3H3. The normalized spacial score (nSPS) is 17.5. The van der Waals surface area contributed by atoms with Gasteiger partial charge in [0, 0.05) is 32.1 Å². The number of likely N-dealkylation sites (tertiary alicyclic amines) is 1. The lowest BCUT2D eigenvalue weighted by Gasteiger charge is -2.35. The van der Waals surface area contributed by atoms with Crippen LogP contribution in [0.2, 0.25) is 0 Å². The maximum atomic E-state index is 12.0. The molecular weight excluding hydrogens is 238 g/mol. The summed E-state index contributed by atoms with van der Waals surface area (Å²) in [5.41, 5.74) is 5.45. The molecule has 112 valence electrons. The van der Waals surface area contributed by atoms with E-state index < -0.39 is 0 Å². The van der Waals surface area contributed by atoms with E-state index in [1.165, 1.54) is 0 Å². The Kier molecular flexibility index (Phi) is 7.39. The highest BCUT2D eigenvalue weighted by Crippen LogP contribution is 2.19. The number of nitrogens with two attached hydrogens (primary N) is 1. The van der Waals surface area contributed by atoms with Gasteiger partial charge in [0.15, 0.2) is 0 Å². The number of amides is 1. The van der Waals surface area contributed by atoms with Gasteiger partial charge in [-0.3, -0.25) is 4.79 Å². The van der Waals surface area contributed by atoms with E-state index >= 15 is 0 Å². The maximum Gasteiger partial charge on any atom is 0.222 e. The molecule has 0 radical (unpaired) electrons. The van der Waals surface area contributed by atoms with E-state index in [1.54, 1.807) is 0 Å². The van der Waals surface area contributed by atoms with Gasteiger partial charge in [-0.25, -0.2) is 0 Å². The van der Waals surface area contributed by atoms with Crippen molar-refractivity contribution in [1.29, 1.82) is 0 Å². The molecule has 1 amide bonds. The fourth-order valence-corrected chi connectivity index (χ4v) is 2.56. The fraction of sp³-hybridized carbons (Fsp3) is 0.933. The van der Waals surface area contributed by atoms with Crippen LogP contribution in [-0.4, -0.2) is 55.0 Å². The van der Waals surface area contributed by atoms with Crippen molar-refractivity contribution in [2.24, 2.45) is 11.7 Å². The first-order chi connectivity index (χ1) is 9.04. The molecule has 0 aromatic carbocycles. The van der Waals surface area contributed by atoms with Gasteiger partial charge in [-0.05, 0) is 59.0 Å². The Morgan fingerprint density at radius 2 is 1.95 bits per heavy atom. The highest BCUT2D eigenvalue weighted by Gasteiger charge is 2.23. The number of nitrogens with zero attached hydrogens (tertiary/aromatic N) is 2. The Morgan fingerprint density at radius 1 is 1.32 bits per heavy atom. The third-order valence-corrected chi connectivity index (χ3v) is 4.24. The molecule has 1 saturated heterocycles. The maximum absolute atomic E-state index is 12.0. The van der Waals surface area contributed by atoms with Crippen LogP contribution in [0, 0.1) is 5.92 Å². The van der Waals surface area contributed by atoms with E-state index in [0.29, 0.717) is 24.9 Å². The minimum Gasteiger partial charge on any atom is -0.343 e. The average molecular weight is 269 g/mol. The van der Waals surface area contributed by atoms with Crippen molar-refractivity contribution in [3.8, 4) is 0 Å². The monoisotopic (exact) mass is 269 g/mol. The number of carbonyl (C=O) groups excluding carboxylic acids is 1. The molecule has 0 atom stereocenters. The second-order valence-corrected chi connectivity index (χ2v) is 6.10. The second kappa shape index (κ2) is 8.54. The number of unbranched alkanes of at least 4 members (excludes halogenated alkanes) is 1. The Hall–Kier alpha value is -0.610. The van der Waals surface area contributed by atoms with Crippen molar-refractivity contribution in [3.63, 3.8) is 0 Å². The Labute approximate surface area is 118 Å². The topological polar surface area (TPSA) is 49.6 Å². The third kappa shape index (κ3) is 5.91. The molecule has 0 aromatic rings. The van der Waals surface area contributed by atoms with Crippen LogP contribution < -0.4 is 5.73 Å². The van der Waals surface area contributed by atoms with Crippen LogP contribution in [-0.2, 0) is 4.79 Å². The molecule has 0 bridgehead atoms. The van der Waals surface area contributed by atoms with Gasteiger partial charge in [0.1, 0.15) is 0 Å². The van der Waals surface area contributed by atoms with Crippen molar-refractivity contribution in [3.05, 3.63) is 0 Å². The van der Waals surface area contributed by atoms with E-state index in [2.05, 4.69) is 25.8 Å². The van der Waals surface area contributed by atoms with E-state index in [0.717, 1.165) is 51.2 Å². The number of carbonyl (C=O) groups is 1. The van der Waals surface area contributed by atoms with Crippen LogP contribution in [0.25, 0.3) is 0 Å². The second-order valence-electron chi connectivity index (χ2n) is 6.10. The van der Waals surface area contributed by atoms with E-state index in [9.17, 15) is 4.79 Å². The molecule has 1 aliphatic heterocycles. The van der Waals surface area contributed by atoms with Crippen molar-refractivity contribution in [2.45, 2.75) is 52.0 Å². The minimum absolute atomic E-state index is 0.323. The zero-order chi connectivity index (χ0) is 14.3. The lowest BCUT2D eigenvalue weighted by atomic mass is 9.95. The summed E-state index contributed by atoms with van der Waals surface area (Å²) >= 11 is 0. The first-order valence-corrected chi connectivity index (χ1v) is 7.72. The zero-order valence-electron chi connectivity index (χ0n) is 12.9. The first-order valence-electron chi connectivity index (χ1n) is 7.72. The summed E-state index contributed by atoms with van der Waals surface area (Å²) in [4.78, 5) is 16.4. The fourth-order valence-electron chi connectivity index (χ4n) is 2.56. The van der Waals surface area contributed by atoms with E-state index in [1.807, 2.05) is 4.90 Å². The molecule has 1 heterocycles. The largest absolute Gasteiger partial charge is 0.343 e. The van der Waals surface area contributed by atoms with Gasteiger partial charge in [0.05, 0.1) is 0 Å². The molecule has 4 nitrogen and oxygen atoms in total. The quantitative estimate of drug-likeness (QED) is 0.716. The van der Waals surface area contributed by atoms with Crippen LogP contribution in [0.5, 0.6) is 0 Å². The predicted octanol–water partition coefficient (Wildman–Crippen LogP) is 1.69. The molecule has 1 aliphatic rings. The summed E-state index contributed by atoms with van der Waals surface area (Å²) in [7, 11) is 2.19. The van der Waals surface area contributed by atoms with Gasteiger partial charge in [0.2, 0.25) is 5.91 Å². The average Bonchev–Trinajstić information content (AvgIpc) is 2.39. The third-order valence-electron chi connectivity index (χ3n) is 4.24. The van der Waals surface area contributed by atoms with Gasteiger partial charge in [-0.2, -0.15) is 0 Å². The molecule has 0 aromatic heterocycles. The number of hydrogen-bond acceptors (Lipinski definition) is 3. The first kappa shape index (κ1) is 16.4. The molecule has 1 rings (SSSR count). The summed E-state index contributed by atoms with van der Waals surface area (Å²) in [6.07, 6.45) is 4.87. The van der Waals surface area contributed by atoms with Crippen molar-refractivity contribution >= 4 is 5.91 Å². The SMILES string of the molecule is CC(C)N(C)CC1CCN(C(=O)CCCCN)CC1.